The van der Waals surface area contributed by atoms with Gasteiger partial charge in [0.1, 0.15) is 5.82 Å². The van der Waals surface area contributed by atoms with Crippen molar-refractivity contribution >= 4 is 11.7 Å². The van der Waals surface area contributed by atoms with Crippen molar-refractivity contribution in [2.24, 2.45) is 5.92 Å². The fourth-order valence-corrected chi connectivity index (χ4v) is 3.57. The summed E-state index contributed by atoms with van der Waals surface area (Å²) in [6, 6.07) is 2.43. The lowest BCUT2D eigenvalue weighted by atomic mass is 9.99. The minimum absolute atomic E-state index is 0.0169. The molecule has 1 aromatic heterocycles. The van der Waals surface area contributed by atoms with Gasteiger partial charge in [-0.05, 0) is 43.4 Å². The van der Waals surface area contributed by atoms with Crippen molar-refractivity contribution in [1.82, 2.24) is 9.88 Å². The van der Waals surface area contributed by atoms with E-state index in [0.29, 0.717) is 25.5 Å². The molecule has 0 radical (unpaired) electrons. The van der Waals surface area contributed by atoms with Crippen molar-refractivity contribution in [2.75, 3.05) is 31.7 Å². The van der Waals surface area contributed by atoms with Crippen molar-refractivity contribution in [2.45, 2.75) is 59.2 Å². The van der Waals surface area contributed by atoms with Gasteiger partial charge in [-0.2, -0.15) is 0 Å². The second-order valence-corrected chi connectivity index (χ2v) is 7.71. The largest absolute Gasteiger partial charge is 0.392 e. The minimum atomic E-state index is 0.0169. The van der Waals surface area contributed by atoms with Gasteiger partial charge in [0.15, 0.2) is 0 Å². The lowest BCUT2D eigenvalue weighted by molar-refractivity contribution is -0.135. The molecule has 2 rings (SSSR count). The zero-order valence-corrected chi connectivity index (χ0v) is 16.7. The van der Waals surface area contributed by atoms with Gasteiger partial charge >= 0.3 is 0 Å². The van der Waals surface area contributed by atoms with E-state index in [1.807, 2.05) is 4.90 Å². The molecule has 0 bridgehead atoms. The number of methoxy groups -OCH3 is 1. The van der Waals surface area contributed by atoms with Crippen molar-refractivity contribution in [3.63, 3.8) is 0 Å². The molecule has 1 aliphatic heterocycles. The van der Waals surface area contributed by atoms with E-state index in [-0.39, 0.29) is 24.6 Å². The molecule has 2 atom stereocenters. The Morgan fingerprint density at radius 3 is 2.65 bits per heavy atom. The fraction of sp³-hybridized carbons (Fsp3) is 0.700. The van der Waals surface area contributed by atoms with Crippen LogP contribution < -0.4 is 4.90 Å². The molecule has 26 heavy (non-hydrogen) atoms. The molecule has 1 fully saturated rings. The summed E-state index contributed by atoms with van der Waals surface area (Å²) in [5.74, 6) is 1.60. The van der Waals surface area contributed by atoms with Crippen molar-refractivity contribution in [3.05, 3.63) is 23.4 Å². The zero-order chi connectivity index (χ0) is 19.3. The number of carbonyl (C=O) groups excluding carboxylic acids is 1. The van der Waals surface area contributed by atoms with Crippen LogP contribution in [0, 0.1) is 5.92 Å². The van der Waals surface area contributed by atoms with E-state index in [4.69, 9.17) is 4.74 Å². The van der Waals surface area contributed by atoms with Crippen LogP contribution in [0.5, 0.6) is 0 Å². The minimum Gasteiger partial charge on any atom is -0.392 e. The number of piperazine rings is 1. The third kappa shape index (κ3) is 4.95. The number of nitrogens with zero attached hydrogens (tertiary/aromatic N) is 3. The number of aliphatic hydroxyl groups is 1. The summed E-state index contributed by atoms with van der Waals surface area (Å²) in [4.78, 5) is 21.2. The summed E-state index contributed by atoms with van der Waals surface area (Å²) < 4.78 is 5.03. The average Bonchev–Trinajstić information content (AvgIpc) is 2.60. The predicted octanol–water partition coefficient (Wildman–Crippen LogP) is 2.23. The van der Waals surface area contributed by atoms with Gasteiger partial charge in [0, 0.05) is 38.5 Å². The lowest BCUT2D eigenvalue weighted by Gasteiger charge is -2.45. The zero-order valence-electron chi connectivity index (χ0n) is 16.7. The summed E-state index contributed by atoms with van der Waals surface area (Å²) in [6.07, 6.45) is 3.14. The number of ether oxygens (including phenoxy) is 1. The van der Waals surface area contributed by atoms with E-state index in [1.165, 1.54) is 0 Å². The van der Waals surface area contributed by atoms with Gasteiger partial charge in [0.05, 0.1) is 19.6 Å². The third-order valence-corrected chi connectivity index (χ3v) is 4.99. The number of rotatable bonds is 7. The Morgan fingerprint density at radius 1 is 1.31 bits per heavy atom. The van der Waals surface area contributed by atoms with E-state index < -0.39 is 0 Å². The summed E-state index contributed by atoms with van der Waals surface area (Å²) in [5, 5.41) is 9.59. The van der Waals surface area contributed by atoms with Crippen molar-refractivity contribution in [1.29, 1.82) is 0 Å². The molecule has 0 aliphatic carbocycles. The number of pyridine rings is 1. The van der Waals surface area contributed by atoms with Gasteiger partial charge in [0.25, 0.3) is 0 Å². The average molecular weight is 364 g/mol. The molecular weight excluding hydrogens is 330 g/mol. The maximum absolute atomic E-state index is 12.4. The first-order valence-electron chi connectivity index (χ1n) is 9.51. The highest BCUT2D eigenvalue weighted by molar-refractivity contribution is 5.77. The number of carbonyl (C=O) groups is 1. The standard InChI is InChI=1S/C20H33N3O3/c1-14(2)8-17-9-19(21-10-18(17)13-24)22-11-16(4)23(12-15(22)3)20(25)6-7-26-5/h9-10,14-16,24H,6-8,11-13H2,1-5H3/t15-,16+/m0/s1. The molecule has 1 amide bonds. The highest BCUT2D eigenvalue weighted by Gasteiger charge is 2.32. The predicted molar refractivity (Wildman–Crippen MR) is 103 cm³/mol. The molecule has 6 nitrogen and oxygen atoms in total. The van der Waals surface area contributed by atoms with E-state index in [2.05, 4.69) is 43.6 Å². The van der Waals surface area contributed by atoms with E-state index in [1.54, 1.807) is 13.3 Å². The molecule has 0 spiro atoms. The lowest BCUT2D eigenvalue weighted by Crippen LogP contribution is -2.58. The number of hydrogen-bond donors (Lipinski definition) is 1. The molecule has 146 valence electrons. The SMILES string of the molecule is COCCC(=O)N1C[C@H](C)N(c2cc(CC(C)C)c(CO)cn2)C[C@H]1C. The molecule has 0 saturated carbocycles. The molecule has 1 aromatic rings. The summed E-state index contributed by atoms with van der Waals surface area (Å²) >= 11 is 0. The molecule has 1 saturated heterocycles. The Bertz CT molecular complexity index is 606. The highest BCUT2D eigenvalue weighted by Crippen LogP contribution is 2.25. The summed E-state index contributed by atoms with van der Waals surface area (Å²) in [7, 11) is 1.62. The van der Waals surface area contributed by atoms with Gasteiger partial charge in [0.2, 0.25) is 5.91 Å². The van der Waals surface area contributed by atoms with Crippen LogP contribution in [-0.4, -0.2) is 59.8 Å². The normalized spacial score (nSPS) is 20.7. The van der Waals surface area contributed by atoms with E-state index in [0.717, 1.165) is 29.9 Å². The molecule has 2 heterocycles. The number of aromatic nitrogens is 1. The van der Waals surface area contributed by atoms with Crippen LogP contribution in [0.15, 0.2) is 12.3 Å². The Hall–Kier alpha value is -1.66. The van der Waals surface area contributed by atoms with Gasteiger partial charge in [-0.3, -0.25) is 4.79 Å². The highest BCUT2D eigenvalue weighted by atomic mass is 16.5. The Balaban J connectivity index is 2.16. The van der Waals surface area contributed by atoms with Crippen LogP contribution in [0.3, 0.4) is 0 Å². The second-order valence-electron chi connectivity index (χ2n) is 7.71. The van der Waals surface area contributed by atoms with Crippen LogP contribution in [0.2, 0.25) is 0 Å². The van der Waals surface area contributed by atoms with Crippen LogP contribution in [-0.2, 0) is 22.6 Å². The summed E-state index contributed by atoms with van der Waals surface area (Å²) in [5.41, 5.74) is 2.06. The second kappa shape index (κ2) is 9.33. The topological polar surface area (TPSA) is 65.9 Å². The fourth-order valence-electron chi connectivity index (χ4n) is 3.57. The monoisotopic (exact) mass is 363 g/mol. The van der Waals surface area contributed by atoms with Crippen LogP contribution >= 0.6 is 0 Å². The number of aliphatic hydroxyl groups excluding tert-OH is 1. The first kappa shape index (κ1) is 20.6. The molecule has 1 N–H and O–H groups in total. The van der Waals surface area contributed by atoms with Crippen LogP contribution in [0.4, 0.5) is 5.82 Å². The van der Waals surface area contributed by atoms with Gasteiger partial charge < -0.3 is 19.6 Å². The Labute approximate surface area is 157 Å². The first-order valence-corrected chi connectivity index (χ1v) is 9.51. The number of hydrogen-bond acceptors (Lipinski definition) is 5. The molecule has 0 unspecified atom stereocenters. The molecule has 6 heteroatoms. The first-order chi connectivity index (χ1) is 12.4. The third-order valence-electron chi connectivity index (χ3n) is 4.99. The van der Waals surface area contributed by atoms with Crippen LogP contribution in [0.1, 0.15) is 45.2 Å². The van der Waals surface area contributed by atoms with Crippen molar-refractivity contribution in [3.8, 4) is 0 Å². The molecule has 1 aliphatic rings. The Morgan fingerprint density at radius 2 is 2.04 bits per heavy atom. The maximum Gasteiger partial charge on any atom is 0.225 e. The summed E-state index contributed by atoms with van der Waals surface area (Å²) in [6.45, 7) is 10.5. The number of amides is 1. The molecular formula is C20H33N3O3. The van der Waals surface area contributed by atoms with E-state index >= 15 is 0 Å². The van der Waals surface area contributed by atoms with Crippen molar-refractivity contribution < 1.29 is 14.6 Å². The maximum atomic E-state index is 12.4. The van der Waals surface area contributed by atoms with E-state index in [9.17, 15) is 9.90 Å². The molecule has 0 aromatic carbocycles. The quantitative estimate of drug-likeness (QED) is 0.805. The van der Waals surface area contributed by atoms with Gasteiger partial charge in [-0.1, -0.05) is 13.8 Å². The Kier molecular flexibility index (Phi) is 7.41. The number of anilines is 1. The van der Waals surface area contributed by atoms with Gasteiger partial charge in [-0.25, -0.2) is 4.98 Å². The smallest absolute Gasteiger partial charge is 0.225 e. The van der Waals surface area contributed by atoms with Crippen LogP contribution in [0.25, 0.3) is 0 Å². The van der Waals surface area contributed by atoms with Gasteiger partial charge in [-0.15, -0.1) is 0 Å².